The molecule has 0 spiro atoms. The summed E-state index contributed by atoms with van der Waals surface area (Å²) in [5.74, 6) is 0.901. The zero-order valence-corrected chi connectivity index (χ0v) is 19.0. The van der Waals surface area contributed by atoms with E-state index in [0.29, 0.717) is 6.54 Å². The monoisotopic (exact) mass is 483 g/mol. The summed E-state index contributed by atoms with van der Waals surface area (Å²) in [4.78, 5) is 10.8. The minimum absolute atomic E-state index is 0. The van der Waals surface area contributed by atoms with Crippen molar-refractivity contribution in [1.29, 1.82) is 0 Å². The van der Waals surface area contributed by atoms with Gasteiger partial charge in [0.15, 0.2) is 5.96 Å². The Morgan fingerprint density at radius 1 is 1.26 bits per heavy atom. The predicted octanol–water partition coefficient (Wildman–Crippen LogP) is 4.11. The second-order valence-electron chi connectivity index (χ2n) is 7.24. The maximum Gasteiger partial charge on any atom is 0.191 e. The van der Waals surface area contributed by atoms with Crippen molar-refractivity contribution in [2.75, 3.05) is 26.2 Å². The minimum Gasteiger partial charge on any atom is -0.357 e. The number of hydrogen-bond donors (Lipinski definition) is 3. The fourth-order valence-electron chi connectivity index (χ4n) is 3.70. The number of guanidine groups is 1. The maximum atomic E-state index is 4.73. The molecule has 6 heteroatoms. The van der Waals surface area contributed by atoms with Crippen molar-refractivity contribution in [3.63, 3.8) is 0 Å². The van der Waals surface area contributed by atoms with Gasteiger partial charge in [0.05, 0.1) is 6.54 Å². The number of fused-ring (bicyclic) bond motifs is 1. The minimum atomic E-state index is 0. The molecule has 0 aliphatic carbocycles. The molecule has 1 unspecified atom stereocenters. The SMILES string of the molecule is CCNC(=NCc1cc2ccccc2[nH]1)NCCCN1CCCCC1C.I. The average molecular weight is 483 g/mol. The highest BCUT2D eigenvalue weighted by atomic mass is 127. The van der Waals surface area contributed by atoms with Gasteiger partial charge in [0.1, 0.15) is 0 Å². The topological polar surface area (TPSA) is 55.5 Å². The fraction of sp³-hybridized carbons (Fsp3) is 0.571. The standard InChI is InChI=1S/C21H33N5.HI/c1-3-22-21(23-12-8-14-26-13-7-6-9-17(26)2)24-16-19-15-18-10-4-5-11-20(18)25-19;/h4-5,10-11,15,17,25H,3,6-9,12-14,16H2,1-2H3,(H2,22,23,24);1H. The average Bonchev–Trinajstić information content (AvgIpc) is 3.07. The number of nitrogens with zero attached hydrogens (tertiary/aromatic N) is 2. The quantitative estimate of drug-likeness (QED) is 0.241. The van der Waals surface area contributed by atoms with Crippen molar-refractivity contribution in [1.82, 2.24) is 20.5 Å². The molecule has 1 fully saturated rings. The number of hydrogen-bond acceptors (Lipinski definition) is 2. The summed E-state index contributed by atoms with van der Waals surface area (Å²) in [6.07, 6.45) is 5.25. The third-order valence-electron chi connectivity index (χ3n) is 5.19. The fourth-order valence-corrected chi connectivity index (χ4v) is 3.70. The molecule has 1 aliphatic heterocycles. The van der Waals surface area contributed by atoms with Crippen LogP contribution in [0, 0.1) is 0 Å². The van der Waals surface area contributed by atoms with E-state index in [9.17, 15) is 0 Å². The van der Waals surface area contributed by atoms with Gasteiger partial charge in [-0.2, -0.15) is 0 Å². The number of piperidine rings is 1. The van der Waals surface area contributed by atoms with Crippen molar-refractivity contribution in [3.05, 3.63) is 36.0 Å². The van der Waals surface area contributed by atoms with Gasteiger partial charge in [0.2, 0.25) is 0 Å². The summed E-state index contributed by atoms with van der Waals surface area (Å²) in [6, 6.07) is 11.3. The molecule has 1 aromatic heterocycles. The Hall–Kier alpha value is -1.28. The zero-order valence-electron chi connectivity index (χ0n) is 16.6. The first-order valence-electron chi connectivity index (χ1n) is 10.1. The Kier molecular flexibility index (Phi) is 9.41. The van der Waals surface area contributed by atoms with Crippen LogP contribution in [0.25, 0.3) is 10.9 Å². The smallest absolute Gasteiger partial charge is 0.191 e. The zero-order chi connectivity index (χ0) is 18.2. The molecule has 2 heterocycles. The lowest BCUT2D eigenvalue weighted by atomic mass is 10.0. The number of aliphatic imine (C=N–C) groups is 1. The van der Waals surface area contributed by atoms with E-state index < -0.39 is 0 Å². The van der Waals surface area contributed by atoms with Gasteiger partial charge >= 0.3 is 0 Å². The van der Waals surface area contributed by atoms with E-state index in [1.165, 1.54) is 43.3 Å². The molecular formula is C21H34IN5. The molecule has 0 radical (unpaired) electrons. The van der Waals surface area contributed by atoms with Crippen LogP contribution in [0.5, 0.6) is 0 Å². The van der Waals surface area contributed by atoms with Crippen LogP contribution < -0.4 is 10.6 Å². The van der Waals surface area contributed by atoms with E-state index in [0.717, 1.165) is 37.2 Å². The number of likely N-dealkylation sites (tertiary alicyclic amines) is 1. The van der Waals surface area contributed by atoms with E-state index >= 15 is 0 Å². The number of aromatic amines is 1. The highest BCUT2D eigenvalue weighted by Gasteiger charge is 2.17. The van der Waals surface area contributed by atoms with E-state index in [4.69, 9.17) is 4.99 Å². The highest BCUT2D eigenvalue weighted by Crippen LogP contribution is 2.16. The van der Waals surface area contributed by atoms with Crippen molar-refractivity contribution < 1.29 is 0 Å². The van der Waals surface area contributed by atoms with E-state index in [1.807, 2.05) is 0 Å². The van der Waals surface area contributed by atoms with Gasteiger partial charge in [-0.3, -0.25) is 0 Å². The molecule has 3 rings (SSSR count). The van der Waals surface area contributed by atoms with E-state index in [1.54, 1.807) is 0 Å². The van der Waals surface area contributed by atoms with Gasteiger partial charge in [-0.15, -0.1) is 24.0 Å². The van der Waals surface area contributed by atoms with Gasteiger partial charge in [0, 0.05) is 36.9 Å². The summed E-state index contributed by atoms with van der Waals surface area (Å²) in [7, 11) is 0. The molecule has 3 N–H and O–H groups in total. The van der Waals surface area contributed by atoms with Crippen LogP contribution in [0.15, 0.2) is 35.3 Å². The lowest BCUT2D eigenvalue weighted by Gasteiger charge is -2.33. The van der Waals surface area contributed by atoms with E-state index in [2.05, 4.69) is 64.7 Å². The maximum absolute atomic E-state index is 4.73. The first kappa shape index (κ1) is 22.0. The van der Waals surface area contributed by atoms with Crippen LogP contribution in [0.4, 0.5) is 0 Å². The largest absolute Gasteiger partial charge is 0.357 e. The normalized spacial score (nSPS) is 18.3. The van der Waals surface area contributed by atoms with Crippen molar-refractivity contribution in [2.24, 2.45) is 4.99 Å². The van der Waals surface area contributed by atoms with Gasteiger partial charge in [-0.1, -0.05) is 24.6 Å². The number of para-hydroxylation sites is 1. The van der Waals surface area contributed by atoms with Crippen LogP contribution in [-0.4, -0.2) is 48.1 Å². The second kappa shape index (κ2) is 11.5. The molecule has 2 aromatic rings. The van der Waals surface area contributed by atoms with Crippen molar-refractivity contribution in [2.45, 2.75) is 52.1 Å². The molecule has 1 saturated heterocycles. The first-order chi connectivity index (χ1) is 12.8. The van der Waals surface area contributed by atoms with Crippen LogP contribution in [0.3, 0.4) is 0 Å². The van der Waals surface area contributed by atoms with Gasteiger partial charge < -0.3 is 20.5 Å². The molecule has 1 aromatic carbocycles. The number of rotatable bonds is 7. The molecule has 5 nitrogen and oxygen atoms in total. The Bertz CT molecular complexity index is 678. The summed E-state index contributed by atoms with van der Waals surface area (Å²) >= 11 is 0. The summed E-state index contributed by atoms with van der Waals surface area (Å²) in [6.45, 7) is 9.40. The van der Waals surface area contributed by atoms with Crippen LogP contribution in [0.2, 0.25) is 0 Å². The van der Waals surface area contributed by atoms with Crippen molar-refractivity contribution in [3.8, 4) is 0 Å². The first-order valence-corrected chi connectivity index (χ1v) is 10.1. The number of aromatic nitrogens is 1. The molecule has 0 amide bonds. The number of nitrogens with one attached hydrogen (secondary N) is 3. The van der Waals surface area contributed by atoms with Crippen LogP contribution in [-0.2, 0) is 6.54 Å². The Morgan fingerprint density at radius 2 is 2.11 bits per heavy atom. The summed E-state index contributed by atoms with van der Waals surface area (Å²) in [5, 5.41) is 8.06. The third-order valence-corrected chi connectivity index (χ3v) is 5.19. The third kappa shape index (κ3) is 6.68. The molecule has 0 bridgehead atoms. The summed E-state index contributed by atoms with van der Waals surface area (Å²) < 4.78 is 0. The van der Waals surface area contributed by atoms with Gasteiger partial charge in [-0.05, 0) is 57.2 Å². The Morgan fingerprint density at radius 3 is 2.89 bits per heavy atom. The molecule has 0 saturated carbocycles. The molecule has 27 heavy (non-hydrogen) atoms. The summed E-state index contributed by atoms with van der Waals surface area (Å²) in [5.41, 5.74) is 2.32. The molecule has 150 valence electrons. The lowest BCUT2D eigenvalue weighted by Crippen LogP contribution is -2.41. The Balaban J connectivity index is 0.00000261. The van der Waals surface area contributed by atoms with Gasteiger partial charge in [0.25, 0.3) is 0 Å². The number of halogens is 1. The Labute approximate surface area is 180 Å². The second-order valence-corrected chi connectivity index (χ2v) is 7.24. The number of H-pyrrole nitrogens is 1. The number of benzene rings is 1. The molecule has 1 atom stereocenters. The molecular weight excluding hydrogens is 449 g/mol. The van der Waals surface area contributed by atoms with Gasteiger partial charge in [-0.25, -0.2) is 4.99 Å². The van der Waals surface area contributed by atoms with Crippen molar-refractivity contribution >= 4 is 40.8 Å². The highest BCUT2D eigenvalue weighted by molar-refractivity contribution is 14.0. The molecule has 1 aliphatic rings. The van der Waals surface area contributed by atoms with Crippen LogP contribution in [0.1, 0.15) is 45.2 Å². The van der Waals surface area contributed by atoms with E-state index in [-0.39, 0.29) is 24.0 Å². The van der Waals surface area contributed by atoms with Crippen LogP contribution >= 0.6 is 24.0 Å². The predicted molar refractivity (Wildman–Crippen MR) is 126 cm³/mol. The lowest BCUT2D eigenvalue weighted by molar-refractivity contribution is 0.159.